The number of rotatable bonds is 7. The van der Waals surface area contributed by atoms with Crippen LogP contribution in [0.2, 0.25) is 0 Å². The maximum absolute atomic E-state index is 12.2. The molecule has 0 radical (unpaired) electrons. The van der Waals surface area contributed by atoms with E-state index in [9.17, 15) is 9.59 Å². The van der Waals surface area contributed by atoms with Gasteiger partial charge in [0, 0.05) is 11.1 Å². The van der Waals surface area contributed by atoms with Crippen molar-refractivity contribution in [3.8, 4) is 5.75 Å². The Kier molecular flexibility index (Phi) is 5.99. The lowest BCUT2D eigenvalue weighted by Gasteiger charge is -2.06. The Morgan fingerprint density at radius 3 is 2.74 bits per heavy atom. The highest BCUT2D eigenvalue weighted by Gasteiger charge is 2.05. The van der Waals surface area contributed by atoms with Gasteiger partial charge in [0.1, 0.15) is 5.75 Å². The van der Waals surface area contributed by atoms with Crippen LogP contribution in [0.3, 0.4) is 0 Å². The van der Waals surface area contributed by atoms with Crippen LogP contribution in [0.1, 0.15) is 35.7 Å². The molecule has 0 aliphatic rings. The Balaban J connectivity index is 1.63. The number of ether oxygens (including phenoxy) is 1. The molecule has 1 amide bonds. The molecule has 2 N–H and O–H groups in total. The van der Waals surface area contributed by atoms with Gasteiger partial charge in [0.05, 0.1) is 18.4 Å². The Morgan fingerprint density at radius 1 is 1.19 bits per heavy atom. The number of hydrogen-bond acceptors (Lipinski definition) is 4. The van der Waals surface area contributed by atoms with E-state index in [2.05, 4.69) is 22.4 Å². The number of carbonyl (C=O) groups is 1. The Bertz CT molecular complexity index is 1010. The standard InChI is InChI=1S/C21H21N3O3/c1-2-3-12-27-18-10-8-15(9-11-18)21(26)24-22-14-17-13-16-6-4-5-7-19(16)23-20(17)25/h4-11,13-14H,2-3,12H2,1H3,(H,23,25)(H,24,26)/b22-14-. The predicted molar refractivity (Wildman–Crippen MR) is 106 cm³/mol. The number of amides is 1. The van der Waals surface area contributed by atoms with Crippen molar-refractivity contribution >= 4 is 23.0 Å². The molecule has 0 aliphatic carbocycles. The SMILES string of the molecule is CCCCOc1ccc(C(=O)N/N=C\c2cc3ccccc3[nH]c2=O)cc1. The highest BCUT2D eigenvalue weighted by molar-refractivity contribution is 5.95. The van der Waals surface area contributed by atoms with Gasteiger partial charge in [-0.15, -0.1) is 0 Å². The van der Waals surface area contributed by atoms with Crippen molar-refractivity contribution in [2.45, 2.75) is 19.8 Å². The minimum atomic E-state index is -0.358. The molecule has 2 aromatic carbocycles. The van der Waals surface area contributed by atoms with Crippen molar-refractivity contribution in [1.29, 1.82) is 0 Å². The molecule has 0 unspecified atom stereocenters. The van der Waals surface area contributed by atoms with Crippen LogP contribution in [0.4, 0.5) is 0 Å². The summed E-state index contributed by atoms with van der Waals surface area (Å²) in [6.07, 6.45) is 3.40. The Hall–Kier alpha value is -3.41. The molecule has 1 aromatic heterocycles. The average Bonchev–Trinajstić information content (AvgIpc) is 2.69. The van der Waals surface area contributed by atoms with E-state index in [-0.39, 0.29) is 11.5 Å². The third kappa shape index (κ3) is 4.82. The van der Waals surface area contributed by atoms with Crippen molar-refractivity contribution in [3.63, 3.8) is 0 Å². The van der Waals surface area contributed by atoms with Gasteiger partial charge in [-0.25, -0.2) is 5.43 Å². The van der Waals surface area contributed by atoms with Crippen LogP contribution in [-0.4, -0.2) is 23.7 Å². The van der Waals surface area contributed by atoms with Crippen LogP contribution in [0.25, 0.3) is 10.9 Å². The van der Waals surface area contributed by atoms with Crippen LogP contribution in [0.5, 0.6) is 5.75 Å². The second-order valence-corrected chi connectivity index (χ2v) is 6.07. The third-order valence-corrected chi connectivity index (χ3v) is 4.04. The number of unbranched alkanes of at least 4 members (excludes halogenated alkanes) is 1. The van der Waals surface area contributed by atoms with E-state index < -0.39 is 0 Å². The number of hydrogen-bond donors (Lipinski definition) is 2. The summed E-state index contributed by atoms with van der Waals surface area (Å²) in [5.74, 6) is 0.370. The monoisotopic (exact) mass is 363 g/mol. The summed E-state index contributed by atoms with van der Waals surface area (Å²) in [5.41, 5.74) is 3.75. The first-order chi connectivity index (χ1) is 13.2. The highest BCUT2D eigenvalue weighted by Crippen LogP contribution is 2.13. The molecule has 0 spiro atoms. The molecule has 0 saturated heterocycles. The maximum atomic E-state index is 12.2. The van der Waals surface area contributed by atoms with E-state index in [1.165, 1.54) is 6.21 Å². The summed E-state index contributed by atoms with van der Waals surface area (Å²) in [6, 6.07) is 16.0. The smallest absolute Gasteiger partial charge is 0.271 e. The van der Waals surface area contributed by atoms with Gasteiger partial charge in [0.2, 0.25) is 0 Å². The lowest BCUT2D eigenvalue weighted by molar-refractivity contribution is 0.0955. The summed E-state index contributed by atoms with van der Waals surface area (Å²) in [7, 11) is 0. The van der Waals surface area contributed by atoms with Crippen molar-refractivity contribution in [1.82, 2.24) is 10.4 Å². The summed E-state index contributed by atoms with van der Waals surface area (Å²) >= 11 is 0. The van der Waals surface area contributed by atoms with Gasteiger partial charge < -0.3 is 9.72 Å². The van der Waals surface area contributed by atoms with Crippen LogP contribution in [0, 0.1) is 0 Å². The lowest BCUT2D eigenvalue weighted by atomic mass is 10.2. The molecule has 6 nitrogen and oxygen atoms in total. The summed E-state index contributed by atoms with van der Waals surface area (Å²) < 4.78 is 5.57. The van der Waals surface area contributed by atoms with E-state index in [1.807, 2.05) is 24.3 Å². The minimum Gasteiger partial charge on any atom is -0.494 e. The minimum absolute atomic E-state index is 0.264. The molecule has 27 heavy (non-hydrogen) atoms. The van der Waals surface area contributed by atoms with E-state index in [1.54, 1.807) is 30.3 Å². The zero-order valence-electron chi connectivity index (χ0n) is 15.1. The van der Waals surface area contributed by atoms with Gasteiger partial charge in [0.25, 0.3) is 11.5 Å². The first-order valence-electron chi connectivity index (χ1n) is 8.85. The van der Waals surface area contributed by atoms with Gasteiger partial charge in [-0.1, -0.05) is 31.5 Å². The molecule has 0 atom stereocenters. The number of aromatic nitrogens is 1. The molecule has 0 saturated carbocycles. The molecule has 0 aliphatic heterocycles. The fourth-order valence-corrected chi connectivity index (χ4v) is 2.52. The van der Waals surface area contributed by atoms with Crippen LogP contribution in [-0.2, 0) is 0 Å². The van der Waals surface area contributed by atoms with Crippen molar-refractivity contribution < 1.29 is 9.53 Å². The topological polar surface area (TPSA) is 83.5 Å². The Morgan fingerprint density at radius 2 is 1.96 bits per heavy atom. The van der Waals surface area contributed by atoms with Gasteiger partial charge in [-0.2, -0.15) is 5.10 Å². The fraction of sp³-hybridized carbons (Fsp3) is 0.190. The molecule has 6 heteroatoms. The number of H-pyrrole nitrogens is 1. The van der Waals surface area contributed by atoms with E-state index in [0.29, 0.717) is 17.7 Å². The van der Waals surface area contributed by atoms with E-state index in [0.717, 1.165) is 29.5 Å². The summed E-state index contributed by atoms with van der Waals surface area (Å²) in [6.45, 7) is 2.76. The molecule has 1 heterocycles. The molecule has 138 valence electrons. The third-order valence-electron chi connectivity index (χ3n) is 4.04. The maximum Gasteiger partial charge on any atom is 0.271 e. The van der Waals surface area contributed by atoms with Crippen LogP contribution < -0.4 is 15.7 Å². The number of nitrogens with zero attached hydrogens (tertiary/aromatic N) is 1. The first kappa shape index (κ1) is 18.4. The Labute approximate surface area is 156 Å². The number of para-hydroxylation sites is 1. The van der Waals surface area contributed by atoms with Crippen molar-refractivity contribution in [2.24, 2.45) is 5.10 Å². The fourth-order valence-electron chi connectivity index (χ4n) is 2.52. The van der Waals surface area contributed by atoms with Crippen LogP contribution >= 0.6 is 0 Å². The number of pyridine rings is 1. The number of fused-ring (bicyclic) bond motifs is 1. The molecular formula is C21H21N3O3. The second-order valence-electron chi connectivity index (χ2n) is 6.07. The van der Waals surface area contributed by atoms with Gasteiger partial charge in [-0.05, 0) is 48.2 Å². The van der Waals surface area contributed by atoms with Crippen molar-refractivity contribution in [2.75, 3.05) is 6.61 Å². The van der Waals surface area contributed by atoms with Gasteiger partial charge in [0.15, 0.2) is 0 Å². The van der Waals surface area contributed by atoms with Gasteiger partial charge >= 0.3 is 0 Å². The average molecular weight is 363 g/mol. The first-order valence-corrected chi connectivity index (χ1v) is 8.85. The molecular weight excluding hydrogens is 342 g/mol. The largest absolute Gasteiger partial charge is 0.494 e. The lowest BCUT2D eigenvalue weighted by Crippen LogP contribution is -2.19. The second kappa shape index (κ2) is 8.80. The molecule has 0 bridgehead atoms. The van der Waals surface area contributed by atoms with E-state index >= 15 is 0 Å². The molecule has 3 aromatic rings. The van der Waals surface area contributed by atoms with E-state index in [4.69, 9.17) is 4.74 Å². The summed E-state index contributed by atoms with van der Waals surface area (Å²) in [5, 5.41) is 4.79. The van der Waals surface area contributed by atoms with Crippen LogP contribution in [0.15, 0.2) is 64.5 Å². The summed E-state index contributed by atoms with van der Waals surface area (Å²) in [4.78, 5) is 27.0. The molecule has 0 fully saturated rings. The number of nitrogens with one attached hydrogen (secondary N) is 2. The zero-order valence-corrected chi connectivity index (χ0v) is 15.1. The highest BCUT2D eigenvalue weighted by atomic mass is 16.5. The zero-order chi connectivity index (χ0) is 19.1. The quantitative estimate of drug-likeness (QED) is 0.383. The molecule has 3 rings (SSSR count). The number of benzene rings is 2. The number of hydrazone groups is 1. The predicted octanol–water partition coefficient (Wildman–Crippen LogP) is 3.47. The van der Waals surface area contributed by atoms with Crippen molar-refractivity contribution in [3.05, 3.63) is 76.1 Å². The van der Waals surface area contributed by atoms with Gasteiger partial charge in [-0.3, -0.25) is 9.59 Å². The normalized spacial score (nSPS) is 11.0. The number of aromatic amines is 1. The number of carbonyl (C=O) groups excluding carboxylic acids is 1.